The number of anilines is 1. The Bertz CT molecular complexity index is 1360. The van der Waals surface area contributed by atoms with E-state index in [4.69, 9.17) is 4.74 Å². The van der Waals surface area contributed by atoms with Gasteiger partial charge in [0.1, 0.15) is 11.6 Å². The number of ether oxygens (including phenoxy) is 1. The summed E-state index contributed by atoms with van der Waals surface area (Å²) in [6.45, 7) is 13.9. The molecule has 2 aromatic carbocycles. The third-order valence-corrected chi connectivity index (χ3v) is 5.95. The van der Waals surface area contributed by atoms with Crippen molar-refractivity contribution in [3.63, 3.8) is 0 Å². The van der Waals surface area contributed by atoms with Crippen LogP contribution in [0.3, 0.4) is 0 Å². The van der Waals surface area contributed by atoms with E-state index in [0.29, 0.717) is 18.7 Å². The quantitative estimate of drug-likeness (QED) is 0.263. The van der Waals surface area contributed by atoms with E-state index in [1.165, 1.54) is 0 Å². The maximum Gasteiger partial charge on any atom is 0.416 e. The molecule has 4 amide bonds. The van der Waals surface area contributed by atoms with Crippen LogP contribution in [0.2, 0.25) is 0 Å². The Morgan fingerprint density at radius 1 is 0.909 bits per heavy atom. The molecule has 10 nitrogen and oxygen atoms in total. The Hall–Kier alpha value is -4.13. The average Bonchev–Trinajstić information content (AvgIpc) is 2.85. The number of alkyl halides is 3. The highest BCUT2D eigenvalue weighted by molar-refractivity contribution is 6.04. The molecule has 242 valence electrons. The summed E-state index contributed by atoms with van der Waals surface area (Å²) in [5.41, 5.74) is -0.213. The molecule has 13 heteroatoms. The monoisotopic (exact) mass is 621 g/mol. The topological polar surface area (TPSA) is 138 Å². The zero-order chi connectivity index (χ0) is 33.5. The van der Waals surface area contributed by atoms with Crippen LogP contribution in [0, 0.1) is 13.8 Å². The second-order valence-electron chi connectivity index (χ2n) is 12.5. The molecule has 44 heavy (non-hydrogen) atoms. The van der Waals surface area contributed by atoms with E-state index >= 15 is 0 Å². The standard InChI is InChI=1S/C31H42F3N5O5/c1-18-9-10-20(19(2)13-18)15-35-16-24(27(42)39-29(3,4)5)37-25(40)17-36-26(41)22-14-21(31(32,33)34)11-12-23(22)38-28(43)44-30(6,7)8/h9-14,24,35H,15-17H2,1-8H3,(H,36,41)(H,37,40)(H,38,43)(H,39,42)/t24-/m0/s1. The predicted molar refractivity (Wildman–Crippen MR) is 161 cm³/mol. The second-order valence-corrected chi connectivity index (χ2v) is 12.5. The molecule has 5 N–H and O–H groups in total. The van der Waals surface area contributed by atoms with E-state index in [-0.39, 0.29) is 12.2 Å². The fourth-order valence-corrected chi connectivity index (χ4v) is 3.99. The number of amides is 4. The first kappa shape index (κ1) is 36.1. The van der Waals surface area contributed by atoms with Crippen molar-refractivity contribution in [2.45, 2.75) is 85.3 Å². The highest BCUT2D eigenvalue weighted by Crippen LogP contribution is 2.32. The van der Waals surface area contributed by atoms with E-state index < -0.39 is 64.8 Å². The summed E-state index contributed by atoms with van der Waals surface area (Å²) in [7, 11) is 0. The first-order valence-electron chi connectivity index (χ1n) is 14.0. The Balaban J connectivity index is 2.16. The third kappa shape index (κ3) is 12.2. The maximum atomic E-state index is 13.4. The lowest BCUT2D eigenvalue weighted by molar-refractivity contribution is -0.137. The molecule has 0 saturated carbocycles. The molecular formula is C31H42F3N5O5. The number of hydrogen-bond acceptors (Lipinski definition) is 6. The van der Waals surface area contributed by atoms with Crippen LogP contribution in [0.5, 0.6) is 0 Å². The zero-order valence-corrected chi connectivity index (χ0v) is 26.3. The average molecular weight is 622 g/mol. The molecule has 0 radical (unpaired) electrons. The van der Waals surface area contributed by atoms with Crippen molar-refractivity contribution in [1.82, 2.24) is 21.3 Å². The number of nitrogens with one attached hydrogen (secondary N) is 5. The van der Waals surface area contributed by atoms with Gasteiger partial charge in [0, 0.05) is 18.6 Å². The number of rotatable bonds is 10. The molecule has 1 atom stereocenters. The first-order chi connectivity index (χ1) is 20.1. The van der Waals surface area contributed by atoms with Gasteiger partial charge in [0.15, 0.2) is 0 Å². The summed E-state index contributed by atoms with van der Waals surface area (Å²) in [5.74, 6) is -2.28. The molecule has 2 rings (SSSR count). The normalized spacial score (nSPS) is 12.6. The van der Waals surface area contributed by atoms with Gasteiger partial charge in [-0.15, -0.1) is 0 Å². The molecule has 0 bridgehead atoms. The van der Waals surface area contributed by atoms with Crippen LogP contribution in [0.25, 0.3) is 0 Å². The number of benzene rings is 2. The van der Waals surface area contributed by atoms with Gasteiger partial charge in [-0.05, 0) is 84.7 Å². The number of aryl methyl sites for hydroxylation is 2. The van der Waals surface area contributed by atoms with E-state index in [9.17, 15) is 32.3 Å². The minimum absolute atomic E-state index is 0.0620. The molecule has 0 aliphatic carbocycles. The highest BCUT2D eigenvalue weighted by Gasteiger charge is 2.32. The summed E-state index contributed by atoms with van der Waals surface area (Å²) >= 11 is 0. The van der Waals surface area contributed by atoms with Crippen LogP contribution in [-0.4, -0.2) is 54.1 Å². The Morgan fingerprint density at radius 3 is 2.14 bits per heavy atom. The molecule has 0 aliphatic heterocycles. The molecule has 0 heterocycles. The minimum atomic E-state index is -4.77. The smallest absolute Gasteiger partial charge is 0.416 e. The summed E-state index contributed by atoms with van der Waals surface area (Å²) < 4.78 is 45.3. The van der Waals surface area contributed by atoms with Crippen LogP contribution in [0.15, 0.2) is 36.4 Å². The lowest BCUT2D eigenvalue weighted by atomic mass is 10.1. The zero-order valence-electron chi connectivity index (χ0n) is 26.3. The fourth-order valence-electron chi connectivity index (χ4n) is 3.99. The molecule has 0 spiro atoms. The predicted octanol–water partition coefficient (Wildman–Crippen LogP) is 4.59. The molecule has 0 aromatic heterocycles. The van der Waals surface area contributed by atoms with E-state index in [1.807, 2.05) is 32.0 Å². The SMILES string of the molecule is Cc1ccc(CNC[C@H](NC(=O)CNC(=O)c2cc(C(F)(F)F)ccc2NC(=O)OC(C)(C)C)C(=O)NC(C)(C)C)c(C)c1. The van der Waals surface area contributed by atoms with Crippen LogP contribution in [0.1, 0.15) is 74.2 Å². The number of carbonyl (C=O) groups excluding carboxylic acids is 4. The van der Waals surface area contributed by atoms with Crippen molar-refractivity contribution in [1.29, 1.82) is 0 Å². The minimum Gasteiger partial charge on any atom is -0.444 e. The lowest BCUT2D eigenvalue weighted by Gasteiger charge is -2.26. The van der Waals surface area contributed by atoms with Gasteiger partial charge in [-0.3, -0.25) is 19.7 Å². The van der Waals surface area contributed by atoms with Crippen LogP contribution < -0.4 is 26.6 Å². The van der Waals surface area contributed by atoms with Gasteiger partial charge in [-0.25, -0.2) is 4.79 Å². The van der Waals surface area contributed by atoms with Crippen LogP contribution >= 0.6 is 0 Å². The van der Waals surface area contributed by atoms with E-state index in [0.717, 1.165) is 22.8 Å². The molecule has 0 fully saturated rings. The Labute approximate surface area is 255 Å². The van der Waals surface area contributed by atoms with E-state index in [2.05, 4.69) is 26.6 Å². The molecule has 0 unspecified atom stereocenters. The molecule has 0 saturated heterocycles. The summed E-state index contributed by atoms with van der Waals surface area (Å²) in [5, 5.41) is 13.1. The van der Waals surface area contributed by atoms with Gasteiger partial charge in [0.25, 0.3) is 5.91 Å². The van der Waals surface area contributed by atoms with Gasteiger partial charge >= 0.3 is 12.3 Å². The maximum absolute atomic E-state index is 13.4. The second kappa shape index (κ2) is 14.6. The Kier molecular flexibility index (Phi) is 11.9. The largest absolute Gasteiger partial charge is 0.444 e. The molecule has 2 aromatic rings. The summed E-state index contributed by atoms with van der Waals surface area (Å²) in [6.07, 6.45) is -5.75. The van der Waals surface area contributed by atoms with Crippen LogP contribution in [0.4, 0.5) is 23.7 Å². The van der Waals surface area contributed by atoms with Crippen molar-refractivity contribution in [2.24, 2.45) is 0 Å². The van der Waals surface area contributed by atoms with Crippen molar-refractivity contribution < 1.29 is 37.1 Å². The lowest BCUT2D eigenvalue weighted by Crippen LogP contribution is -2.56. The van der Waals surface area contributed by atoms with Gasteiger partial charge < -0.3 is 26.0 Å². The van der Waals surface area contributed by atoms with Crippen molar-refractivity contribution in [3.8, 4) is 0 Å². The van der Waals surface area contributed by atoms with Gasteiger partial charge in [0.2, 0.25) is 11.8 Å². The summed E-state index contributed by atoms with van der Waals surface area (Å²) in [4.78, 5) is 51.0. The van der Waals surface area contributed by atoms with Crippen molar-refractivity contribution >= 4 is 29.5 Å². The highest BCUT2D eigenvalue weighted by atomic mass is 19.4. The van der Waals surface area contributed by atoms with Gasteiger partial charge in [0.05, 0.1) is 23.4 Å². The third-order valence-electron chi connectivity index (χ3n) is 5.95. The first-order valence-corrected chi connectivity index (χ1v) is 14.0. The van der Waals surface area contributed by atoms with Crippen LogP contribution in [-0.2, 0) is 27.0 Å². The molecule has 0 aliphatic rings. The van der Waals surface area contributed by atoms with Crippen molar-refractivity contribution in [2.75, 3.05) is 18.4 Å². The number of hydrogen-bond donors (Lipinski definition) is 5. The van der Waals surface area contributed by atoms with Gasteiger partial charge in [-0.2, -0.15) is 13.2 Å². The number of carbonyl (C=O) groups is 4. The van der Waals surface area contributed by atoms with Crippen molar-refractivity contribution in [3.05, 3.63) is 64.2 Å². The fraction of sp³-hybridized carbons (Fsp3) is 0.484. The Morgan fingerprint density at radius 2 is 1.57 bits per heavy atom. The number of halogens is 3. The van der Waals surface area contributed by atoms with Gasteiger partial charge in [-0.1, -0.05) is 23.8 Å². The van der Waals surface area contributed by atoms with E-state index in [1.54, 1.807) is 41.5 Å². The summed E-state index contributed by atoms with van der Waals surface area (Å²) in [6, 6.07) is 7.14. The molecular weight excluding hydrogens is 579 g/mol.